The van der Waals surface area contributed by atoms with E-state index in [9.17, 15) is 9.90 Å². The number of aromatic nitrogens is 2. The molecule has 1 atom stereocenters. The van der Waals surface area contributed by atoms with Crippen molar-refractivity contribution in [1.82, 2.24) is 14.7 Å². The number of nitrogens with zero attached hydrogens (tertiary/aromatic N) is 3. The number of hydrogen-bond donors (Lipinski definition) is 1. The number of carbonyl (C=O) groups excluding carboxylic acids is 1. The Balaban J connectivity index is 1.80. The summed E-state index contributed by atoms with van der Waals surface area (Å²) in [5.41, 5.74) is 3.86. The van der Waals surface area contributed by atoms with Gasteiger partial charge >= 0.3 is 0 Å². The van der Waals surface area contributed by atoms with Crippen LogP contribution in [0.5, 0.6) is 0 Å². The highest BCUT2D eigenvalue weighted by Gasteiger charge is 2.20. The van der Waals surface area contributed by atoms with Crippen molar-refractivity contribution >= 4 is 12.0 Å². The second-order valence-electron chi connectivity index (χ2n) is 6.25. The summed E-state index contributed by atoms with van der Waals surface area (Å²) in [5, 5.41) is 14.3. The monoisotopic (exact) mass is 325 g/mol. The van der Waals surface area contributed by atoms with Gasteiger partial charge in [-0.1, -0.05) is 18.2 Å². The smallest absolute Gasteiger partial charge is 0.246 e. The maximum atomic E-state index is 12.3. The SMILES string of the molecule is Cc1nn(-c2ccccc2)c(C)c1C=CC(=O)N1CCCC(O)C1. The van der Waals surface area contributed by atoms with Gasteiger partial charge in [0.2, 0.25) is 5.91 Å². The zero-order chi connectivity index (χ0) is 17.1. The van der Waals surface area contributed by atoms with Crippen molar-refractivity contribution in [2.45, 2.75) is 32.8 Å². The van der Waals surface area contributed by atoms with Crippen LogP contribution in [-0.4, -0.2) is 44.9 Å². The zero-order valence-corrected chi connectivity index (χ0v) is 14.1. The molecule has 1 saturated heterocycles. The molecule has 0 spiro atoms. The van der Waals surface area contributed by atoms with E-state index in [2.05, 4.69) is 5.10 Å². The largest absolute Gasteiger partial charge is 0.391 e. The Kier molecular flexibility index (Phi) is 4.81. The minimum absolute atomic E-state index is 0.0555. The molecule has 0 bridgehead atoms. The molecular weight excluding hydrogens is 302 g/mol. The molecule has 1 unspecified atom stereocenters. The molecule has 3 rings (SSSR count). The van der Waals surface area contributed by atoms with E-state index < -0.39 is 6.10 Å². The lowest BCUT2D eigenvalue weighted by Gasteiger charge is -2.29. The molecule has 1 aromatic heterocycles. The fourth-order valence-electron chi connectivity index (χ4n) is 3.13. The predicted octanol–water partition coefficient (Wildman–Crippen LogP) is 2.49. The van der Waals surface area contributed by atoms with Crippen LogP contribution < -0.4 is 0 Å². The average molecular weight is 325 g/mol. The van der Waals surface area contributed by atoms with Crippen LogP contribution in [0.4, 0.5) is 0 Å². The average Bonchev–Trinajstić information content (AvgIpc) is 2.88. The third-order valence-corrected chi connectivity index (χ3v) is 4.45. The highest BCUT2D eigenvalue weighted by atomic mass is 16.3. The number of amides is 1. The van der Waals surface area contributed by atoms with Gasteiger partial charge in [-0.2, -0.15) is 5.10 Å². The molecule has 5 heteroatoms. The lowest BCUT2D eigenvalue weighted by atomic mass is 10.1. The van der Waals surface area contributed by atoms with Crippen molar-refractivity contribution in [2.24, 2.45) is 0 Å². The summed E-state index contributed by atoms with van der Waals surface area (Å²) in [6.07, 6.45) is 4.64. The quantitative estimate of drug-likeness (QED) is 0.882. The number of aliphatic hydroxyl groups is 1. The van der Waals surface area contributed by atoms with Crippen molar-refractivity contribution < 1.29 is 9.90 Å². The summed E-state index contributed by atoms with van der Waals surface area (Å²) in [6, 6.07) is 9.95. The van der Waals surface area contributed by atoms with Gasteiger partial charge in [0.05, 0.1) is 17.5 Å². The third-order valence-electron chi connectivity index (χ3n) is 4.45. The maximum Gasteiger partial charge on any atom is 0.246 e. The molecule has 5 nitrogen and oxygen atoms in total. The first-order valence-corrected chi connectivity index (χ1v) is 8.33. The minimum Gasteiger partial charge on any atom is -0.391 e. The van der Waals surface area contributed by atoms with Crippen LogP contribution in [0.25, 0.3) is 11.8 Å². The number of hydrogen-bond acceptors (Lipinski definition) is 3. The van der Waals surface area contributed by atoms with E-state index >= 15 is 0 Å². The van der Waals surface area contributed by atoms with E-state index in [-0.39, 0.29) is 5.91 Å². The highest BCUT2D eigenvalue weighted by molar-refractivity contribution is 5.92. The van der Waals surface area contributed by atoms with E-state index in [0.29, 0.717) is 13.1 Å². The molecule has 1 aliphatic rings. The number of carbonyl (C=O) groups is 1. The fraction of sp³-hybridized carbons (Fsp3) is 0.368. The summed E-state index contributed by atoms with van der Waals surface area (Å²) in [4.78, 5) is 14.0. The van der Waals surface area contributed by atoms with Crippen LogP contribution in [0.2, 0.25) is 0 Å². The lowest BCUT2D eigenvalue weighted by molar-refractivity contribution is -0.128. The zero-order valence-electron chi connectivity index (χ0n) is 14.1. The summed E-state index contributed by atoms with van der Waals surface area (Å²) < 4.78 is 1.89. The predicted molar refractivity (Wildman–Crippen MR) is 93.9 cm³/mol. The standard InChI is InChI=1S/C19H23N3O2/c1-14-18(10-11-19(24)21-12-6-9-17(23)13-21)15(2)22(20-14)16-7-4-3-5-8-16/h3-5,7-8,10-11,17,23H,6,9,12-13H2,1-2H3. The van der Waals surface area contributed by atoms with Gasteiger partial charge < -0.3 is 10.0 Å². The van der Waals surface area contributed by atoms with Gasteiger partial charge in [0.15, 0.2) is 0 Å². The van der Waals surface area contributed by atoms with Gasteiger partial charge in [-0.3, -0.25) is 4.79 Å². The van der Waals surface area contributed by atoms with Crippen molar-refractivity contribution in [3.05, 3.63) is 53.4 Å². The van der Waals surface area contributed by atoms with Gasteiger partial charge in [-0.15, -0.1) is 0 Å². The molecular formula is C19H23N3O2. The Morgan fingerprint density at radius 3 is 2.75 bits per heavy atom. The number of aryl methyl sites for hydroxylation is 1. The van der Waals surface area contributed by atoms with Crippen molar-refractivity contribution in [3.8, 4) is 5.69 Å². The lowest BCUT2D eigenvalue weighted by Crippen LogP contribution is -2.41. The Morgan fingerprint density at radius 1 is 1.29 bits per heavy atom. The molecule has 1 fully saturated rings. The fourth-order valence-corrected chi connectivity index (χ4v) is 3.13. The molecule has 1 amide bonds. The first-order chi connectivity index (χ1) is 11.6. The van der Waals surface area contributed by atoms with Crippen LogP contribution in [0.15, 0.2) is 36.4 Å². The number of rotatable bonds is 3. The Labute approximate surface area is 142 Å². The Hall–Kier alpha value is -2.40. The van der Waals surface area contributed by atoms with Crippen LogP contribution >= 0.6 is 0 Å². The molecule has 1 N–H and O–H groups in total. The van der Waals surface area contributed by atoms with Crippen LogP contribution in [0, 0.1) is 13.8 Å². The number of benzene rings is 1. The first kappa shape index (κ1) is 16.5. The van der Waals surface area contributed by atoms with Crippen molar-refractivity contribution in [1.29, 1.82) is 0 Å². The molecule has 126 valence electrons. The first-order valence-electron chi connectivity index (χ1n) is 8.33. The number of β-amino-alcohol motifs (C(OH)–C–C–N with tert-alkyl or cyclic N) is 1. The van der Waals surface area contributed by atoms with Gasteiger partial charge in [0.25, 0.3) is 0 Å². The van der Waals surface area contributed by atoms with E-state index in [0.717, 1.165) is 35.5 Å². The van der Waals surface area contributed by atoms with E-state index in [1.165, 1.54) is 0 Å². The summed E-state index contributed by atoms with van der Waals surface area (Å²) in [6.45, 7) is 5.08. The molecule has 0 saturated carbocycles. The maximum absolute atomic E-state index is 12.3. The normalized spacial score (nSPS) is 18.3. The molecule has 24 heavy (non-hydrogen) atoms. The van der Waals surface area contributed by atoms with Crippen LogP contribution in [-0.2, 0) is 4.79 Å². The summed E-state index contributed by atoms with van der Waals surface area (Å²) in [5.74, 6) is -0.0555. The van der Waals surface area contributed by atoms with E-state index in [4.69, 9.17) is 0 Å². The number of para-hydroxylation sites is 1. The Morgan fingerprint density at radius 2 is 2.04 bits per heavy atom. The number of aliphatic hydroxyl groups excluding tert-OH is 1. The van der Waals surface area contributed by atoms with Crippen molar-refractivity contribution in [3.63, 3.8) is 0 Å². The topological polar surface area (TPSA) is 58.4 Å². The van der Waals surface area contributed by atoms with E-state index in [1.807, 2.05) is 54.9 Å². The Bertz CT molecular complexity index is 749. The molecule has 0 aliphatic carbocycles. The van der Waals surface area contributed by atoms with E-state index in [1.54, 1.807) is 11.0 Å². The minimum atomic E-state index is -0.402. The second kappa shape index (κ2) is 7.01. The molecule has 1 aliphatic heterocycles. The molecule has 2 heterocycles. The second-order valence-corrected chi connectivity index (χ2v) is 6.25. The van der Waals surface area contributed by atoms with Crippen molar-refractivity contribution in [2.75, 3.05) is 13.1 Å². The number of likely N-dealkylation sites (tertiary alicyclic amines) is 1. The van der Waals surface area contributed by atoms with Gasteiger partial charge in [-0.25, -0.2) is 4.68 Å². The highest BCUT2D eigenvalue weighted by Crippen LogP contribution is 2.19. The molecule has 1 aromatic carbocycles. The van der Waals surface area contributed by atoms with Gasteiger partial charge in [0.1, 0.15) is 0 Å². The summed E-state index contributed by atoms with van der Waals surface area (Å²) >= 11 is 0. The van der Waals surface area contributed by atoms with Crippen LogP contribution in [0.1, 0.15) is 29.8 Å². The van der Waals surface area contributed by atoms with Crippen LogP contribution in [0.3, 0.4) is 0 Å². The molecule has 0 radical (unpaired) electrons. The summed E-state index contributed by atoms with van der Waals surface area (Å²) in [7, 11) is 0. The van der Waals surface area contributed by atoms with Gasteiger partial charge in [0, 0.05) is 30.4 Å². The van der Waals surface area contributed by atoms with Gasteiger partial charge in [-0.05, 0) is 44.9 Å². The number of piperidine rings is 1. The third kappa shape index (κ3) is 3.41. The molecule has 2 aromatic rings.